The zero-order valence-electron chi connectivity index (χ0n) is 19.7. The third kappa shape index (κ3) is 5.33. The van der Waals surface area contributed by atoms with E-state index in [2.05, 4.69) is 15.9 Å². The first-order valence-electron chi connectivity index (χ1n) is 11.0. The monoisotopic (exact) mass is 552 g/mol. The van der Waals surface area contributed by atoms with Gasteiger partial charge in [0, 0.05) is 7.05 Å². The minimum Gasteiger partial charge on any atom is -0.494 e. The number of amides is 1. The normalized spacial score (nSPS) is 14.6. The van der Waals surface area contributed by atoms with Gasteiger partial charge < -0.3 is 19.1 Å². The fourth-order valence-corrected chi connectivity index (χ4v) is 4.55. The topological polar surface area (TPSA) is 51.2 Å². The van der Waals surface area contributed by atoms with Gasteiger partial charge in [-0.25, -0.2) is 0 Å². The van der Waals surface area contributed by atoms with Crippen molar-refractivity contribution in [3.8, 4) is 17.2 Å². The Labute approximate surface area is 218 Å². The summed E-state index contributed by atoms with van der Waals surface area (Å²) in [5.74, 6) is 1.68. The van der Waals surface area contributed by atoms with Crippen molar-refractivity contribution < 1.29 is 19.0 Å². The number of hydrogen-bond acceptors (Lipinski definition) is 5. The van der Waals surface area contributed by atoms with Gasteiger partial charge in [0.05, 0.1) is 23.9 Å². The maximum Gasteiger partial charge on any atom is 0.281 e. The van der Waals surface area contributed by atoms with E-state index in [-0.39, 0.29) is 5.91 Å². The smallest absolute Gasteiger partial charge is 0.281 e. The summed E-state index contributed by atoms with van der Waals surface area (Å²) in [6.45, 7) is 2.91. The predicted octanol–water partition coefficient (Wildman–Crippen LogP) is 6.04. The molecule has 1 aliphatic rings. The molecule has 0 saturated carbocycles. The zero-order valence-corrected chi connectivity index (χ0v) is 22.1. The summed E-state index contributed by atoms with van der Waals surface area (Å²) in [5.41, 5.74) is 2.96. The average Bonchev–Trinajstić information content (AvgIpc) is 3.07. The van der Waals surface area contributed by atoms with E-state index in [0.717, 1.165) is 21.3 Å². The summed E-state index contributed by atoms with van der Waals surface area (Å²) in [5, 5.41) is 0.402. The molecule has 1 saturated heterocycles. The first-order chi connectivity index (χ1) is 16.9. The number of thiocarbonyl (C=S) groups is 1. The minimum absolute atomic E-state index is 0.207. The van der Waals surface area contributed by atoms with Gasteiger partial charge in [0.25, 0.3) is 5.91 Å². The average molecular weight is 553 g/mol. The van der Waals surface area contributed by atoms with Gasteiger partial charge in [0.2, 0.25) is 0 Å². The first-order valence-corrected chi connectivity index (χ1v) is 12.2. The van der Waals surface area contributed by atoms with E-state index in [0.29, 0.717) is 41.2 Å². The lowest BCUT2D eigenvalue weighted by Gasteiger charge is -2.16. The number of carbonyl (C=O) groups is 1. The van der Waals surface area contributed by atoms with Gasteiger partial charge in [-0.15, -0.1) is 0 Å². The highest BCUT2D eigenvalue weighted by atomic mass is 79.9. The van der Waals surface area contributed by atoms with Crippen molar-refractivity contribution >= 4 is 50.9 Å². The second-order valence-electron chi connectivity index (χ2n) is 7.75. The number of hydrogen-bond donors (Lipinski definition) is 0. The van der Waals surface area contributed by atoms with E-state index in [1.54, 1.807) is 25.1 Å². The van der Waals surface area contributed by atoms with Crippen molar-refractivity contribution in [2.75, 3.05) is 25.7 Å². The summed E-state index contributed by atoms with van der Waals surface area (Å²) in [7, 11) is 3.37. The van der Waals surface area contributed by atoms with Gasteiger partial charge >= 0.3 is 0 Å². The third-order valence-electron chi connectivity index (χ3n) is 5.45. The number of anilines is 1. The van der Waals surface area contributed by atoms with E-state index in [4.69, 9.17) is 26.4 Å². The maximum atomic E-state index is 13.3. The molecule has 8 heteroatoms. The molecule has 35 heavy (non-hydrogen) atoms. The fourth-order valence-electron chi connectivity index (χ4n) is 3.69. The number of methoxy groups -OCH3 is 1. The molecule has 1 aliphatic heterocycles. The van der Waals surface area contributed by atoms with Crippen LogP contribution in [-0.2, 0) is 11.4 Å². The Hall–Kier alpha value is -3.36. The van der Waals surface area contributed by atoms with Crippen molar-refractivity contribution in [3.05, 3.63) is 88.0 Å². The van der Waals surface area contributed by atoms with Crippen LogP contribution >= 0.6 is 28.1 Å². The number of ether oxygens (including phenoxy) is 3. The molecule has 0 aliphatic carbocycles. The molecule has 0 spiro atoms. The van der Waals surface area contributed by atoms with Crippen molar-refractivity contribution in [2.24, 2.45) is 0 Å². The number of likely N-dealkylation sites (N-methyl/N-ethyl adjacent to an activating group) is 1. The van der Waals surface area contributed by atoms with Crippen LogP contribution in [0.15, 0.2) is 76.9 Å². The van der Waals surface area contributed by atoms with E-state index in [9.17, 15) is 4.79 Å². The van der Waals surface area contributed by atoms with E-state index >= 15 is 0 Å². The Kier molecular flexibility index (Phi) is 7.73. The molecule has 3 aromatic carbocycles. The third-order valence-corrected chi connectivity index (χ3v) is 6.49. The summed E-state index contributed by atoms with van der Waals surface area (Å²) >= 11 is 9.17. The van der Waals surface area contributed by atoms with Crippen LogP contribution in [0.3, 0.4) is 0 Å². The zero-order chi connectivity index (χ0) is 24.9. The molecule has 0 unspecified atom stereocenters. The summed E-state index contributed by atoms with van der Waals surface area (Å²) in [6, 6.07) is 20.9. The fraction of sp³-hybridized carbons (Fsp3) is 0.185. The van der Waals surface area contributed by atoms with Crippen LogP contribution in [0.25, 0.3) is 6.08 Å². The van der Waals surface area contributed by atoms with Crippen molar-refractivity contribution in [1.29, 1.82) is 0 Å². The second-order valence-corrected chi connectivity index (χ2v) is 8.97. The van der Waals surface area contributed by atoms with Crippen LogP contribution in [0, 0.1) is 0 Å². The summed E-state index contributed by atoms with van der Waals surface area (Å²) < 4.78 is 17.8. The Morgan fingerprint density at radius 1 is 1.03 bits per heavy atom. The lowest BCUT2D eigenvalue weighted by Crippen LogP contribution is -2.31. The Balaban J connectivity index is 1.60. The Morgan fingerprint density at radius 3 is 2.40 bits per heavy atom. The number of benzene rings is 3. The molecule has 1 amide bonds. The number of rotatable bonds is 8. The number of carbonyl (C=O) groups excluding carboxylic acids is 1. The van der Waals surface area contributed by atoms with Crippen LogP contribution in [0.5, 0.6) is 17.2 Å². The van der Waals surface area contributed by atoms with Crippen molar-refractivity contribution in [1.82, 2.24) is 4.90 Å². The van der Waals surface area contributed by atoms with Crippen LogP contribution in [0.2, 0.25) is 0 Å². The Bertz CT molecular complexity index is 1260. The van der Waals surface area contributed by atoms with Crippen LogP contribution in [-0.4, -0.2) is 36.7 Å². The molecule has 0 radical (unpaired) electrons. The van der Waals surface area contributed by atoms with Gasteiger partial charge in [-0.2, -0.15) is 0 Å². The molecule has 1 fully saturated rings. The van der Waals surface area contributed by atoms with E-state index in [1.165, 1.54) is 4.90 Å². The molecule has 3 aromatic rings. The largest absolute Gasteiger partial charge is 0.494 e. The Morgan fingerprint density at radius 2 is 1.74 bits per heavy atom. The number of halogens is 1. The van der Waals surface area contributed by atoms with Crippen LogP contribution < -0.4 is 19.1 Å². The van der Waals surface area contributed by atoms with Gasteiger partial charge in [0.15, 0.2) is 16.6 Å². The van der Waals surface area contributed by atoms with Crippen LogP contribution in [0.1, 0.15) is 18.1 Å². The van der Waals surface area contributed by atoms with Gasteiger partial charge in [-0.1, -0.05) is 30.3 Å². The van der Waals surface area contributed by atoms with Crippen molar-refractivity contribution in [3.63, 3.8) is 0 Å². The molecular formula is C27H25BrN2O4S. The highest BCUT2D eigenvalue weighted by Crippen LogP contribution is 2.38. The lowest BCUT2D eigenvalue weighted by molar-refractivity contribution is -0.114. The SMILES string of the molecule is CCOc1ccc(N2C(=O)/C(=C/c3cc(Br)c(OCc4ccccc4)c(OC)c3)N(C)C2=S)cc1. The van der Waals surface area contributed by atoms with Crippen LogP contribution in [0.4, 0.5) is 5.69 Å². The van der Waals surface area contributed by atoms with Gasteiger partial charge in [-0.3, -0.25) is 9.69 Å². The summed E-state index contributed by atoms with van der Waals surface area (Å²) in [6.07, 6.45) is 1.79. The lowest BCUT2D eigenvalue weighted by atomic mass is 10.1. The van der Waals surface area contributed by atoms with Crippen molar-refractivity contribution in [2.45, 2.75) is 13.5 Å². The molecular weight excluding hydrogens is 528 g/mol. The second kappa shape index (κ2) is 10.9. The highest BCUT2D eigenvalue weighted by molar-refractivity contribution is 9.10. The first kappa shape index (κ1) is 24.8. The quantitative estimate of drug-likeness (QED) is 0.251. The van der Waals surface area contributed by atoms with Gasteiger partial charge in [0.1, 0.15) is 18.1 Å². The van der Waals surface area contributed by atoms with E-state index < -0.39 is 0 Å². The molecule has 180 valence electrons. The molecule has 0 aromatic heterocycles. The number of nitrogens with zero attached hydrogens (tertiary/aromatic N) is 2. The minimum atomic E-state index is -0.207. The molecule has 1 heterocycles. The molecule has 4 rings (SSSR count). The molecule has 0 bridgehead atoms. The highest BCUT2D eigenvalue weighted by Gasteiger charge is 2.36. The summed E-state index contributed by atoms with van der Waals surface area (Å²) in [4.78, 5) is 16.6. The predicted molar refractivity (Wildman–Crippen MR) is 145 cm³/mol. The maximum absolute atomic E-state index is 13.3. The van der Waals surface area contributed by atoms with Gasteiger partial charge in [-0.05, 0) is 88.7 Å². The molecule has 0 atom stereocenters. The van der Waals surface area contributed by atoms with E-state index in [1.807, 2.05) is 73.7 Å². The molecule has 0 N–H and O–H groups in total. The molecule has 6 nitrogen and oxygen atoms in total. The standard InChI is InChI=1S/C27H25BrN2O4S/c1-4-33-21-12-10-20(11-13-21)30-26(31)23(29(2)27(30)35)15-19-14-22(28)25(24(16-19)32-3)34-17-18-8-6-5-7-9-18/h5-16H,4,17H2,1-3H3/b23-15-.